The lowest BCUT2D eigenvalue weighted by atomic mass is 10.1. The van der Waals surface area contributed by atoms with E-state index in [2.05, 4.69) is 20.0 Å². The van der Waals surface area contributed by atoms with Gasteiger partial charge in [0.1, 0.15) is 12.4 Å². The molecule has 144 valence electrons. The summed E-state index contributed by atoms with van der Waals surface area (Å²) in [5, 5.41) is 4.38. The van der Waals surface area contributed by atoms with E-state index in [9.17, 15) is 9.59 Å². The van der Waals surface area contributed by atoms with Crippen LogP contribution in [0.5, 0.6) is 0 Å². The largest absolute Gasteiger partial charge is 0.346 e. The topological polar surface area (TPSA) is 115 Å². The molecule has 4 rings (SSSR count). The van der Waals surface area contributed by atoms with Crippen LogP contribution in [0.3, 0.4) is 0 Å². The highest BCUT2D eigenvalue weighted by atomic mass is 16.2. The Bertz CT molecular complexity index is 854. The Labute approximate surface area is 156 Å². The van der Waals surface area contributed by atoms with Gasteiger partial charge in [0.2, 0.25) is 11.9 Å². The molecule has 1 amide bonds. The highest BCUT2D eigenvalue weighted by Gasteiger charge is 2.25. The average molecular weight is 372 g/mol. The van der Waals surface area contributed by atoms with E-state index in [0.717, 1.165) is 18.7 Å². The van der Waals surface area contributed by atoms with Crippen LogP contribution in [0.25, 0.3) is 0 Å². The predicted molar refractivity (Wildman–Crippen MR) is 98.2 cm³/mol. The van der Waals surface area contributed by atoms with Gasteiger partial charge in [0, 0.05) is 57.6 Å². The van der Waals surface area contributed by atoms with Crippen molar-refractivity contribution in [2.24, 2.45) is 5.73 Å². The summed E-state index contributed by atoms with van der Waals surface area (Å²) in [6.07, 6.45) is 5.67. The molecular formula is C17H24N8O2. The zero-order valence-electron chi connectivity index (χ0n) is 15.2. The van der Waals surface area contributed by atoms with Crippen LogP contribution < -0.4 is 16.3 Å². The normalized spacial score (nSPS) is 20.3. The third-order valence-corrected chi connectivity index (χ3v) is 5.21. The van der Waals surface area contributed by atoms with Crippen LogP contribution in [0.15, 0.2) is 23.3 Å². The van der Waals surface area contributed by atoms with E-state index in [1.165, 1.54) is 4.68 Å². The van der Waals surface area contributed by atoms with Gasteiger partial charge in [0.05, 0.1) is 0 Å². The van der Waals surface area contributed by atoms with Gasteiger partial charge in [-0.25, -0.2) is 19.4 Å². The number of nitrogens with zero attached hydrogens (tertiary/aromatic N) is 7. The molecule has 0 aromatic carbocycles. The molecule has 2 aliphatic heterocycles. The van der Waals surface area contributed by atoms with Crippen molar-refractivity contribution in [1.29, 1.82) is 0 Å². The van der Waals surface area contributed by atoms with Crippen molar-refractivity contribution < 1.29 is 4.79 Å². The fourth-order valence-electron chi connectivity index (χ4n) is 3.59. The molecule has 0 spiro atoms. The number of aryl methyl sites for hydroxylation is 1. The molecule has 4 heterocycles. The minimum absolute atomic E-state index is 0.0211. The first-order valence-corrected chi connectivity index (χ1v) is 9.33. The number of carbonyl (C=O) groups is 1. The summed E-state index contributed by atoms with van der Waals surface area (Å²) in [6, 6.07) is 1.88. The summed E-state index contributed by atoms with van der Waals surface area (Å²) in [6.45, 7) is 3.04. The second-order valence-corrected chi connectivity index (χ2v) is 7.01. The fourth-order valence-corrected chi connectivity index (χ4v) is 3.59. The first-order chi connectivity index (χ1) is 13.1. The number of anilines is 1. The van der Waals surface area contributed by atoms with Crippen LogP contribution in [-0.2, 0) is 24.3 Å². The molecule has 1 fully saturated rings. The van der Waals surface area contributed by atoms with Gasteiger partial charge < -0.3 is 15.5 Å². The van der Waals surface area contributed by atoms with Gasteiger partial charge in [-0.05, 0) is 18.9 Å². The van der Waals surface area contributed by atoms with E-state index in [-0.39, 0.29) is 24.2 Å². The molecule has 0 bridgehead atoms. The molecule has 10 nitrogen and oxygen atoms in total. The summed E-state index contributed by atoms with van der Waals surface area (Å²) in [7, 11) is 0. The molecule has 1 saturated heterocycles. The number of hydrogen-bond acceptors (Lipinski definition) is 7. The van der Waals surface area contributed by atoms with E-state index in [0.29, 0.717) is 45.1 Å². The van der Waals surface area contributed by atoms with Gasteiger partial charge in [0.25, 0.3) is 0 Å². The molecule has 0 saturated carbocycles. The molecule has 2 aromatic heterocycles. The molecule has 0 aliphatic carbocycles. The van der Waals surface area contributed by atoms with Gasteiger partial charge in [-0.1, -0.05) is 0 Å². The van der Waals surface area contributed by atoms with E-state index in [1.807, 2.05) is 0 Å². The first kappa shape index (κ1) is 17.7. The Balaban J connectivity index is 1.38. The Kier molecular flexibility index (Phi) is 4.88. The van der Waals surface area contributed by atoms with Crippen molar-refractivity contribution in [2.45, 2.75) is 38.4 Å². The van der Waals surface area contributed by atoms with Gasteiger partial charge in [0.15, 0.2) is 0 Å². The molecule has 2 aromatic rings. The number of amides is 1. The molecular weight excluding hydrogens is 348 g/mol. The lowest BCUT2D eigenvalue weighted by Crippen LogP contribution is -2.50. The second kappa shape index (κ2) is 7.47. The smallest absolute Gasteiger partial charge is 0.338 e. The summed E-state index contributed by atoms with van der Waals surface area (Å²) < 4.78 is 2.95. The highest BCUT2D eigenvalue weighted by molar-refractivity contribution is 5.76. The van der Waals surface area contributed by atoms with Gasteiger partial charge in [-0.2, -0.15) is 5.10 Å². The van der Waals surface area contributed by atoms with Crippen LogP contribution in [0.2, 0.25) is 0 Å². The van der Waals surface area contributed by atoms with Gasteiger partial charge in [-0.3, -0.25) is 9.36 Å². The van der Waals surface area contributed by atoms with Crippen LogP contribution in [-0.4, -0.2) is 67.3 Å². The average Bonchev–Trinajstić information content (AvgIpc) is 2.87. The number of rotatable bonds is 3. The van der Waals surface area contributed by atoms with E-state index in [4.69, 9.17) is 5.73 Å². The molecule has 2 aliphatic rings. The van der Waals surface area contributed by atoms with Crippen molar-refractivity contribution in [3.63, 3.8) is 0 Å². The van der Waals surface area contributed by atoms with E-state index >= 15 is 0 Å². The quantitative estimate of drug-likeness (QED) is 0.723. The summed E-state index contributed by atoms with van der Waals surface area (Å²) in [5.41, 5.74) is 5.75. The maximum atomic E-state index is 12.6. The lowest BCUT2D eigenvalue weighted by molar-refractivity contribution is -0.132. The van der Waals surface area contributed by atoms with Gasteiger partial charge >= 0.3 is 5.69 Å². The van der Waals surface area contributed by atoms with Crippen molar-refractivity contribution in [2.75, 3.05) is 31.1 Å². The van der Waals surface area contributed by atoms with Crippen LogP contribution >= 0.6 is 0 Å². The highest BCUT2D eigenvalue weighted by Crippen LogP contribution is 2.11. The first-order valence-electron chi connectivity index (χ1n) is 9.33. The SMILES string of the molecule is NC1CCc2nn(CC(=O)N3CCN(c4ncccn4)CC3)c(=O)n2CC1. The van der Waals surface area contributed by atoms with Gasteiger partial charge in [-0.15, -0.1) is 0 Å². The Morgan fingerprint density at radius 1 is 1.11 bits per heavy atom. The Hall–Kier alpha value is -2.75. The molecule has 2 N–H and O–H groups in total. The molecule has 1 unspecified atom stereocenters. The van der Waals surface area contributed by atoms with Crippen molar-refractivity contribution in [1.82, 2.24) is 29.2 Å². The maximum absolute atomic E-state index is 12.6. The minimum Gasteiger partial charge on any atom is -0.338 e. The molecule has 10 heteroatoms. The summed E-state index contributed by atoms with van der Waals surface area (Å²) >= 11 is 0. The van der Waals surface area contributed by atoms with Crippen LogP contribution in [0, 0.1) is 0 Å². The molecule has 0 radical (unpaired) electrons. The maximum Gasteiger partial charge on any atom is 0.346 e. The minimum atomic E-state index is -0.219. The van der Waals surface area contributed by atoms with Crippen molar-refractivity contribution >= 4 is 11.9 Å². The Morgan fingerprint density at radius 2 is 1.85 bits per heavy atom. The number of hydrogen-bond donors (Lipinski definition) is 1. The number of carbonyl (C=O) groups excluding carboxylic acids is 1. The number of nitrogens with two attached hydrogens (primary N) is 1. The van der Waals surface area contributed by atoms with Crippen LogP contribution in [0.4, 0.5) is 5.95 Å². The number of fused-ring (bicyclic) bond motifs is 1. The Morgan fingerprint density at radius 3 is 2.59 bits per heavy atom. The third kappa shape index (κ3) is 3.70. The van der Waals surface area contributed by atoms with E-state index in [1.54, 1.807) is 27.9 Å². The second-order valence-electron chi connectivity index (χ2n) is 7.01. The van der Waals surface area contributed by atoms with Crippen molar-refractivity contribution in [3.8, 4) is 0 Å². The standard InChI is InChI=1S/C17H24N8O2/c18-13-2-3-14-21-25(17(27)24(14)7-4-13)12-15(26)22-8-10-23(11-9-22)16-19-5-1-6-20-16/h1,5-6,13H,2-4,7-12,18H2. The van der Waals surface area contributed by atoms with Crippen LogP contribution in [0.1, 0.15) is 18.7 Å². The zero-order chi connectivity index (χ0) is 18.8. The summed E-state index contributed by atoms with van der Waals surface area (Å²) in [4.78, 5) is 37.5. The monoisotopic (exact) mass is 372 g/mol. The summed E-state index contributed by atoms with van der Waals surface area (Å²) in [5.74, 6) is 1.32. The fraction of sp³-hybridized carbons (Fsp3) is 0.588. The lowest BCUT2D eigenvalue weighted by Gasteiger charge is -2.34. The van der Waals surface area contributed by atoms with Crippen molar-refractivity contribution in [3.05, 3.63) is 34.8 Å². The molecule has 27 heavy (non-hydrogen) atoms. The molecule has 1 atom stereocenters. The zero-order valence-corrected chi connectivity index (χ0v) is 15.2. The van der Waals surface area contributed by atoms with E-state index < -0.39 is 0 Å². The third-order valence-electron chi connectivity index (χ3n) is 5.21. The predicted octanol–water partition coefficient (Wildman–Crippen LogP) is -1.15. The number of aromatic nitrogens is 5. The number of piperazine rings is 1.